The van der Waals surface area contributed by atoms with E-state index in [-0.39, 0.29) is 18.0 Å². The van der Waals surface area contributed by atoms with Gasteiger partial charge in [-0.05, 0) is 60.4 Å². The van der Waals surface area contributed by atoms with Crippen LogP contribution >= 0.6 is 23.2 Å². The van der Waals surface area contributed by atoms with Crippen molar-refractivity contribution in [3.8, 4) is 0 Å². The van der Waals surface area contributed by atoms with E-state index in [0.29, 0.717) is 15.7 Å². The molecule has 30 heavy (non-hydrogen) atoms. The maximum absolute atomic E-state index is 13.3. The molecule has 0 unspecified atom stereocenters. The van der Waals surface area contributed by atoms with Crippen LogP contribution in [0.3, 0.4) is 0 Å². The minimum atomic E-state index is -0.267. The number of carbonyl (C=O) groups excluding carboxylic acids is 1. The van der Waals surface area contributed by atoms with Crippen LogP contribution in [-0.4, -0.2) is 16.8 Å². The minimum absolute atomic E-state index is 0.136. The molecule has 2 atom stereocenters. The fraction of sp³-hybridized carbons (Fsp3) is 0.167. The average Bonchev–Trinajstić information content (AvgIpc) is 3.16. The SMILES string of the molecule is O=C(Nc1ccc(Cl)cc1)N1N=C2c3ccccc3CC[C@H]2[C@@H]1c1ccc(Cl)cc1. The van der Waals surface area contributed by atoms with Crippen LogP contribution in [0.2, 0.25) is 10.0 Å². The van der Waals surface area contributed by atoms with Crippen LogP contribution in [0.15, 0.2) is 77.9 Å². The van der Waals surface area contributed by atoms with Crippen LogP contribution in [0.5, 0.6) is 0 Å². The van der Waals surface area contributed by atoms with E-state index >= 15 is 0 Å². The molecule has 2 aliphatic rings. The Morgan fingerprint density at radius 1 is 0.933 bits per heavy atom. The number of anilines is 1. The number of aryl methyl sites for hydroxylation is 1. The highest BCUT2D eigenvalue weighted by Gasteiger charge is 2.43. The van der Waals surface area contributed by atoms with Crippen molar-refractivity contribution in [2.24, 2.45) is 11.0 Å². The summed E-state index contributed by atoms with van der Waals surface area (Å²) in [7, 11) is 0. The fourth-order valence-electron chi connectivity index (χ4n) is 4.34. The van der Waals surface area contributed by atoms with E-state index in [1.807, 2.05) is 30.3 Å². The molecule has 0 radical (unpaired) electrons. The molecule has 0 spiro atoms. The van der Waals surface area contributed by atoms with Crippen LogP contribution in [0.4, 0.5) is 10.5 Å². The predicted octanol–water partition coefficient (Wildman–Crippen LogP) is 6.55. The van der Waals surface area contributed by atoms with E-state index in [1.54, 1.807) is 29.3 Å². The lowest BCUT2D eigenvalue weighted by Gasteiger charge is -2.29. The molecule has 2 amide bonds. The molecule has 0 fully saturated rings. The number of hydrogen-bond donors (Lipinski definition) is 1. The van der Waals surface area contributed by atoms with E-state index in [2.05, 4.69) is 23.5 Å². The van der Waals surface area contributed by atoms with Crippen molar-refractivity contribution in [1.29, 1.82) is 0 Å². The molecule has 0 saturated carbocycles. The van der Waals surface area contributed by atoms with E-state index in [9.17, 15) is 4.79 Å². The lowest BCUT2D eigenvalue weighted by molar-refractivity contribution is 0.188. The van der Waals surface area contributed by atoms with Crippen molar-refractivity contribution < 1.29 is 4.79 Å². The number of nitrogens with one attached hydrogen (secondary N) is 1. The van der Waals surface area contributed by atoms with Gasteiger partial charge in [0.15, 0.2) is 0 Å². The standard InChI is InChI=1S/C24H19Cl2N3O/c25-17-8-5-16(6-9-17)23-21-14-7-15-3-1-2-4-20(15)22(21)28-29(23)24(30)27-19-12-10-18(26)11-13-19/h1-6,8-13,21,23H,7,14H2,(H,27,30)/t21-,23+/m1/s1. The largest absolute Gasteiger partial charge is 0.342 e. The predicted molar refractivity (Wildman–Crippen MR) is 121 cm³/mol. The van der Waals surface area contributed by atoms with E-state index in [4.69, 9.17) is 28.3 Å². The maximum Gasteiger partial charge on any atom is 0.342 e. The number of urea groups is 1. The first-order valence-corrected chi connectivity index (χ1v) is 10.6. The number of amides is 2. The van der Waals surface area contributed by atoms with Crippen LogP contribution < -0.4 is 5.32 Å². The molecule has 3 aromatic carbocycles. The van der Waals surface area contributed by atoms with Gasteiger partial charge in [-0.1, -0.05) is 59.6 Å². The second-order valence-corrected chi connectivity index (χ2v) is 8.44. The Labute approximate surface area is 185 Å². The van der Waals surface area contributed by atoms with E-state index in [0.717, 1.165) is 29.7 Å². The number of nitrogens with zero attached hydrogens (tertiary/aromatic N) is 2. The third kappa shape index (κ3) is 3.47. The van der Waals surface area contributed by atoms with Gasteiger partial charge >= 0.3 is 6.03 Å². The number of carbonyl (C=O) groups is 1. The molecule has 3 aromatic rings. The zero-order valence-corrected chi connectivity index (χ0v) is 17.6. The Hall–Kier alpha value is -2.82. The van der Waals surface area contributed by atoms with Crippen LogP contribution in [0.1, 0.15) is 29.2 Å². The summed E-state index contributed by atoms with van der Waals surface area (Å²) < 4.78 is 0. The van der Waals surface area contributed by atoms with Crippen molar-refractivity contribution in [1.82, 2.24) is 5.01 Å². The molecule has 6 heteroatoms. The summed E-state index contributed by atoms with van der Waals surface area (Å²) in [6.45, 7) is 0. The summed E-state index contributed by atoms with van der Waals surface area (Å²) in [6.07, 6.45) is 1.91. The fourth-order valence-corrected chi connectivity index (χ4v) is 4.59. The summed E-state index contributed by atoms with van der Waals surface area (Å²) in [6, 6.07) is 22.6. The molecule has 0 aromatic heterocycles. The van der Waals surface area contributed by atoms with Crippen LogP contribution in [0, 0.1) is 5.92 Å². The molecule has 1 aliphatic carbocycles. The number of benzene rings is 3. The lowest BCUT2D eigenvalue weighted by atomic mass is 9.77. The minimum Gasteiger partial charge on any atom is -0.306 e. The first kappa shape index (κ1) is 19.2. The highest BCUT2D eigenvalue weighted by molar-refractivity contribution is 6.30. The van der Waals surface area contributed by atoms with Gasteiger partial charge in [-0.2, -0.15) is 5.10 Å². The normalized spacial score (nSPS) is 19.7. The molecular formula is C24H19Cl2N3O. The molecular weight excluding hydrogens is 417 g/mol. The smallest absolute Gasteiger partial charge is 0.306 e. The van der Waals surface area contributed by atoms with Gasteiger partial charge in [0.1, 0.15) is 0 Å². The van der Waals surface area contributed by atoms with E-state index < -0.39 is 0 Å². The quantitative estimate of drug-likeness (QED) is 0.487. The van der Waals surface area contributed by atoms with Gasteiger partial charge in [0.25, 0.3) is 0 Å². The van der Waals surface area contributed by atoms with Crippen LogP contribution in [-0.2, 0) is 6.42 Å². The Bertz CT molecular complexity index is 1130. The van der Waals surface area contributed by atoms with Gasteiger partial charge in [0, 0.05) is 27.2 Å². The maximum atomic E-state index is 13.3. The first-order valence-electron chi connectivity index (χ1n) is 9.88. The molecule has 0 bridgehead atoms. The third-order valence-corrected chi connectivity index (χ3v) is 6.25. The summed E-state index contributed by atoms with van der Waals surface area (Å²) in [5, 5.41) is 10.7. The zero-order chi connectivity index (χ0) is 20.7. The van der Waals surface area contributed by atoms with Crippen molar-refractivity contribution in [3.05, 3.63) is 99.5 Å². The summed E-state index contributed by atoms with van der Waals surface area (Å²) >= 11 is 12.1. The van der Waals surface area contributed by atoms with E-state index in [1.165, 1.54) is 5.56 Å². The van der Waals surface area contributed by atoms with Gasteiger partial charge in [-0.3, -0.25) is 0 Å². The Morgan fingerprint density at radius 2 is 1.60 bits per heavy atom. The first-order chi connectivity index (χ1) is 14.6. The van der Waals surface area contributed by atoms with Crippen LogP contribution in [0.25, 0.3) is 0 Å². The van der Waals surface area contributed by atoms with Crippen molar-refractivity contribution in [2.75, 3.05) is 5.32 Å². The Morgan fingerprint density at radius 3 is 2.33 bits per heavy atom. The highest BCUT2D eigenvalue weighted by Crippen LogP contribution is 2.43. The molecule has 1 heterocycles. The number of fused-ring (bicyclic) bond motifs is 3. The topological polar surface area (TPSA) is 44.7 Å². The summed E-state index contributed by atoms with van der Waals surface area (Å²) in [5.41, 5.74) is 5.09. The molecule has 4 nitrogen and oxygen atoms in total. The monoisotopic (exact) mass is 435 g/mol. The van der Waals surface area contributed by atoms with Gasteiger partial charge in [0.2, 0.25) is 0 Å². The summed E-state index contributed by atoms with van der Waals surface area (Å²) in [5.74, 6) is 0.136. The third-order valence-electron chi connectivity index (χ3n) is 5.74. The van der Waals surface area contributed by atoms with Gasteiger partial charge in [0.05, 0.1) is 11.8 Å². The molecule has 1 N–H and O–H groups in total. The second-order valence-electron chi connectivity index (χ2n) is 7.57. The van der Waals surface area contributed by atoms with Gasteiger partial charge in [-0.25, -0.2) is 9.80 Å². The number of hydrazone groups is 1. The Balaban J connectivity index is 1.53. The van der Waals surface area contributed by atoms with Crippen molar-refractivity contribution >= 4 is 40.6 Å². The number of hydrogen-bond acceptors (Lipinski definition) is 2. The molecule has 0 saturated heterocycles. The van der Waals surface area contributed by atoms with Crippen molar-refractivity contribution in [2.45, 2.75) is 18.9 Å². The number of rotatable bonds is 2. The molecule has 5 rings (SSSR count). The second kappa shape index (κ2) is 7.78. The lowest BCUT2D eigenvalue weighted by Crippen LogP contribution is -2.34. The summed E-state index contributed by atoms with van der Waals surface area (Å²) in [4.78, 5) is 13.3. The highest BCUT2D eigenvalue weighted by atomic mass is 35.5. The zero-order valence-electron chi connectivity index (χ0n) is 16.1. The Kier molecular flexibility index (Phi) is 4.97. The molecule has 150 valence electrons. The van der Waals surface area contributed by atoms with Gasteiger partial charge in [-0.15, -0.1) is 0 Å². The molecule has 1 aliphatic heterocycles. The van der Waals surface area contributed by atoms with Gasteiger partial charge < -0.3 is 5.32 Å². The number of halogens is 2. The van der Waals surface area contributed by atoms with Crippen molar-refractivity contribution in [3.63, 3.8) is 0 Å². The average molecular weight is 436 g/mol.